The molecule has 136 valence electrons. The maximum absolute atomic E-state index is 12.1. The number of nitrogens with one attached hydrogen (secondary N) is 1. The molecule has 0 atom stereocenters. The number of hydrogen-bond acceptors (Lipinski definition) is 7. The highest BCUT2D eigenvalue weighted by atomic mass is 32.1. The quantitative estimate of drug-likeness (QED) is 0.626. The summed E-state index contributed by atoms with van der Waals surface area (Å²) in [5.41, 5.74) is 2.20. The summed E-state index contributed by atoms with van der Waals surface area (Å²) >= 11 is 1.64. The van der Waals surface area contributed by atoms with Crippen LogP contribution in [-0.2, 0) is 27.2 Å². The zero-order chi connectivity index (χ0) is 18.5. The van der Waals surface area contributed by atoms with Gasteiger partial charge in [-0.1, -0.05) is 6.07 Å². The first-order valence-electron chi connectivity index (χ1n) is 8.15. The Hall–Kier alpha value is -2.81. The molecule has 0 aliphatic carbocycles. The van der Waals surface area contributed by atoms with Gasteiger partial charge in [0.05, 0.1) is 6.42 Å². The number of carbonyl (C=O) groups excluding carboxylic acids is 2. The molecule has 0 spiro atoms. The minimum atomic E-state index is -0.481. The average Bonchev–Trinajstić information content (AvgIpc) is 3.28. The Morgan fingerprint density at radius 1 is 1.35 bits per heavy atom. The number of thiophene rings is 1. The fourth-order valence-corrected chi connectivity index (χ4v) is 3.29. The van der Waals surface area contributed by atoms with E-state index in [0.29, 0.717) is 18.0 Å². The van der Waals surface area contributed by atoms with Crippen molar-refractivity contribution in [2.75, 3.05) is 13.2 Å². The molecule has 3 rings (SSSR count). The molecule has 0 saturated heterocycles. The highest BCUT2D eigenvalue weighted by Crippen LogP contribution is 2.14. The van der Waals surface area contributed by atoms with Crippen molar-refractivity contribution in [3.63, 3.8) is 0 Å². The van der Waals surface area contributed by atoms with Crippen LogP contribution >= 0.6 is 11.3 Å². The summed E-state index contributed by atoms with van der Waals surface area (Å²) in [6.45, 7) is 3.88. The molecule has 26 heavy (non-hydrogen) atoms. The third-order valence-corrected chi connectivity index (χ3v) is 4.88. The molecule has 0 bridgehead atoms. The molecule has 0 fully saturated rings. The van der Waals surface area contributed by atoms with E-state index in [0.717, 1.165) is 17.7 Å². The number of esters is 1. The molecule has 0 unspecified atom stereocenters. The number of rotatable bonds is 7. The SMILES string of the molecule is Cc1nc2ncnn2c(C)c1CC(=O)OCC(=O)NCCc1cccs1. The monoisotopic (exact) mass is 373 g/mol. The molecule has 3 aromatic rings. The summed E-state index contributed by atoms with van der Waals surface area (Å²) in [6.07, 6.45) is 2.21. The van der Waals surface area contributed by atoms with Crippen molar-refractivity contribution in [1.29, 1.82) is 0 Å². The van der Waals surface area contributed by atoms with Crippen molar-refractivity contribution in [2.24, 2.45) is 0 Å². The van der Waals surface area contributed by atoms with E-state index in [9.17, 15) is 9.59 Å². The lowest BCUT2D eigenvalue weighted by Crippen LogP contribution is -2.30. The maximum atomic E-state index is 12.1. The minimum absolute atomic E-state index is 0.0307. The molecular formula is C17H19N5O3S. The Labute approximate surface area is 154 Å². The van der Waals surface area contributed by atoms with Gasteiger partial charge in [-0.3, -0.25) is 9.59 Å². The highest BCUT2D eigenvalue weighted by Gasteiger charge is 2.16. The lowest BCUT2D eigenvalue weighted by Gasteiger charge is -2.10. The molecule has 3 heterocycles. The van der Waals surface area contributed by atoms with Crippen molar-refractivity contribution in [1.82, 2.24) is 24.9 Å². The Balaban J connectivity index is 1.49. The third-order valence-electron chi connectivity index (χ3n) is 3.95. The lowest BCUT2D eigenvalue weighted by molar-refractivity contribution is -0.147. The number of carbonyl (C=O) groups is 2. The fourth-order valence-electron chi connectivity index (χ4n) is 2.58. The van der Waals surface area contributed by atoms with E-state index in [1.807, 2.05) is 31.4 Å². The number of hydrogen-bond donors (Lipinski definition) is 1. The normalized spacial score (nSPS) is 10.8. The Kier molecular flexibility index (Phi) is 5.57. The molecule has 0 radical (unpaired) electrons. The second kappa shape index (κ2) is 8.05. The van der Waals surface area contributed by atoms with Crippen LogP contribution in [0.5, 0.6) is 0 Å². The van der Waals surface area contributed by atoms with E-state index in [2.05, 4.69) is 20.4 Å². The molecule has 0 aliphatic rings. The van der Waals surface area contributed by atoms with Crippen molar-refractivity contribution in [3.05, 3.63) is 45.7 Å². The van der Waals surface area contributed by atoms with Gasteiger partial charge in [-0.05, 0) is 31.7 Å². The van der Waals surface area contributed by atoms with Crippen LogP contribution in [0.3, 0.4) is 0 Å². The van der Waals surface area contributed by atoms with E-state index in [1.165, 1.54) is 11.2 Å². The number of ether oxygens (including phenoxy) is 1. The Morgan fingerprint density at radius 3 is 2.96 bits per heavy atom. The first kappa shape index (κ1) is 18.0. The summed E-state index contributed by atoms with van der Waals surface area (Å²) < 4.78 is 6.65. The van der Waals surface area contributed by atoms with Crippen LogP contribution in [0.2, 0.25) is 0 Å². The number of nitrogens with zero attached hydrogens (tertiary/aromatic N) is 4. The average molecular weight is 373 g/mol. The summed E-state index contributed by atoms with van der Waals surface area (Å²) in [6, 6.07) is 3.99. The van der Waals surface area contributed by atoms with Gasteiger partial charge in [0.25, 0.3) is 11.7 Å². The highest BCUT2D eigenvalue weighted by molar-refractivity contribution is 7.09. The second-order valence-electron chi connectivity index (χ2n) is 5.75. The zero-order valence-electron chi connectivity index (χ0n) is 14.6. The molecule has 8 nitrogen and oxygen atoms in total. The van der Waals surface area contributed by atoms with Crippen molar-refractivity contribution < 1.29 is 14.3 Å². The van der Waals surface area contributed by atoms with Gasteiger partial charge >= 0.3 is 5.97 Å². The summed E-state index contributed by atoms with van der Waals surface area (Å²) in [7, 11) is 0. The Morgan fingerprint density at radius 2 is 2.19 bits per heavy atom. The maximum Gasteiger partial charge on any atom is 0.310 e. The lowest BCUT2D eigenvalue weighted by atomic mass is 10.1. The van der Waals surface area contributed by atoms with E-state index < -0.39 is 5.97 Å². The van der Waals surface area contributed by atoms with Gasteiger partial charge in [0.15, 0.2) is 6.61 Å². The van der Waals surface area contributed by atoms with Crippen molar-refractivity contribution in [3.8, 4) is 0 Å². The van der Waals surface area contributed by atoms with E-state index in [-0.39, 0.29) is 18.9 Å². The van der Waals surface area contributed by atoms with Gasteiger partial charge in [0.1, 0.15) is 6.33 Å². The fraction of sp³-hybridized carbons (Fsp3) is 0.353. The van der Waals surface area contributed by atoms with Crippen LogP contribution in [0.25, 0.3) is 5.78 Å². The van der Waals surface area contributed by atoms with Crippen molar-refractivity contribution >= 4 is 29.0 Å². The van der Waals surface area contributed by atoms with Crippen LogP contribution in [0.4, 0.5) is 0 Å². The van der Waals surface area contributed by atoms with Crippen molar-refractivity contribution in [2.45, 2.75) is 26.7 Å². The smallest absolute Gasteiger partial charge is 0.310 e. The summed E-state index contributed by atoms with van der Waals surface area (Å²) in [5.74, 6) is -0.304. The number of fused-ring (bicyclic) bond motifs is 1. The first-order valence-corrected chi connectivity index (χ1v) is 9.03. The van der Waals surface area contributed by atoms with Gasteiger partial charge in [-0.15, -0.1) is 11.3 Å². The van der Waals surface area contributed by atoms with Gasteiger partial charge in [-0.25, -0.2) is 9.50 Å². The van der Waals surface area contributed by atoms with Gasteiger partial charge in [0.2, 0.25) is 0 Å². The Bertz CT molecular complexity index is 920. The molecule has 1 N–H and O–H groups in total. The van der Waals surface area contributed by atoms with E-state index in [4.69, 9.17) is 4.74 Å². The number of aryl methyl sites for hydroxylation is 2. The molecular weight excluding hydrogens is 354 g/mol. The predicted octanol–water partition coefficient (Wildman–Crippen LogP) is 1.25. The van der Waals surface area contributed by atoms with E-state index in [1.54, 1.807) is 15.9 Å². The molecule has 0 aromatic carbocycles. The third kappa shape index (κ3) is 4.23. The molecule has 0 saturated carbocycles. The summed E-state index contributed by atoms with van der Waals surface area (Å²) in [5, 5.41) is 8.82. The number of amides is 1. The summed E-state index contributed by atoms with van der Waals surface area (Å²) in [4.78, 5) is 33.4. The molecule has 0 aliphatic heterocycles. The van der Waals surface area contributed by atoms with Crippen LogP contribution in [0, 0.1) is 13.8 Å². The second-order valence-corrected chi connectivity index (χ2v) is 6.78. The molecule has 3 aromatic heterocycles. The predicted molar refractivity (Wildman–Crippen MR) is 96.0 cm³/mol. The van der Waals surface area contributed by atoms with Gasteiger partial charge in [0, 0.05) is 28.4 Å². The van der Waals surface area contributed by atoms with Crippen LogP contribution < -0.4 is 5.32 Å². The van der Waals surface area contributed by atoms with Crippen LogP contribution in [0.15, 0.2) is 23.8 Å². The minimum Gasteiger partial charge on any atom is -0.455 e. The zero-order valence-corrected chi connectivity index (χ0v) is 15.4. The topological polar surface area (TPSA) is 98.5 Å². The van der Waals surface area contributed by atoms with Gasteiger partial charge < -0.3 is 10.1 Å². The molecule has 9 heteroatoms. The van der Waals surface area contributed by atoms with Crippen LogP contribution in [-0.4, -0.2) is 44.6 Å². The first-order chi connectivity index (χ1) is 12.5. The largest absolute Gasteiger partial charge is 0.455 e. The molecule has 1 amide bonds. The van der Waals surface area contributed by atoms with Crippen LogP contribution in [0.1, 0.15) is 21.8 Å². The number of aromatic nitrogens is 4. The van der Waals surface area contributed by atoms with E-state index >= 15 is 0 Å². The van der Waals surface area contributed by atoms with Gasteiger partial charge in [-0.2, -0.15) is 10.1 Å². The standard InChI is InChI=1S/C17H19N5O3S/c1-11-14(12(2)22-17(21-11)19-10-20-22)8-16(24)25-9-15(23)18-6-5-13-4-3-7-26-13/h3-4,7,10H,5-6,8-9H2,1-2H3,(H,18,23).